The molecule has 0 saturated carbocycles. The van der Waals surface area contributed by atoms with E-state index in [4.69, 9.17) is 11.6 Å². The zero-order valence-corrected chi connectivity index (χ0v) is 9.19. The number of halogens is 1. The first-order valence-electron chi connectivity index (χ1n) is 4.78. The molecule has 0 fully saturated rings. The molecule has 17 heavy (non-hydrogen) atoms. The van der Waals surface area contributed by atoms with Crippen LogP contribution in [-0.2, 0) is 4.79 Å². The molecule has 1 aliphatic rings. The van der Waals surface area contributed by atoms with Crippen molar-refractivity contribution in [1.29, 1.82) is 0 Å². The Morgan fingerprint density at radius 2 is 2.24 bits per heavy atom. The van der Waals surface area contributed by atoms with Crippen molar-refractivity contribution < 1.29 is 4.79 Å². The van der Waals surface area contributed by atoms with Crippen molar-refractivity contribution >= 4 is 35.0 Å². The minimum atomic E-state index is -0.253. The summed E-state index contributed by atoms with van der Waals surface area (Å²) in [6.07, 6.45) is 6.10. The van der Waals surface area contributed by atoms with E-state index >= 15 is 0 Å². The summed E-state index contributed by atoms with van der Waals surface area (Å²) in [5, 5.41) is 2.87. The number of H-pyrrole nitrogens is 1. The third-order valence-electron chi connectivity index (χ3n) is 2.37. The molecule has 2 aromatic rings. The van der Waals surface area contributed by atoms with Gasteiger partial charge in [-0.3, -0.25) is 4.79 Å². The highest BCUT2D eigenvalue weighted by atomic mass is 35.5. The molecule has 0 saturated heterocycles. The van der Waals surface area contributed by atoms with Crippen molar-refractivity contribution in [2.45, 2.75) is 0 Å². The van der Waals surface area contributed by atoms with Gasteiger partial charge in [-0.15, -0.1) is 0 Å². The zero-order chi connectivity index (χ0) is 11.8. The van der Waals surface area contributed by atoms with Gasteiger partial charge in [-0.05, 0) is 6.08 Å². The van der Waals surface area contributed by atoms with Gasteiger partial charge in [-0.1, -0.05) is 11.6 Å². The topological polar surface area (TPSA) is 83.6 Å². The molecule has 7 heteroatoms. The standard InChI is InChI=1S/C10H6ClN5O/c11-8-7-6(1-5-2-12-3-13-5)10(17)16-9(7)15-4-14-8/h1-4H,(H,12,13)(H,14,15,16,17)/b6-1-. The van der Waals surface area contributed by atoms with Gasteiger partial charge < -0.3 is 10.3 Å². The quantitative estimate of drug-likeness (QED) is 0.588. The van der Waals surface area contributed by atoms with Gasteiger partial charge in [0.2, 0.25) is 0 Å². The Labute approximate surface area is 101 Å². The maximum absolute atomic E-state index is 11.8. The molecule has 0 spiro atoms. The largest absolute Gasteiger partial charge is 0.345 e. The smallest absolute Gasteiger partial charge is 0.257 e. The number of aromatic nitrogens is 4. The second kappa shape index (κ2) is 3.67. The molecule has 1 amide bonds. The Balaban J connectivity index is 2.17. The number of imidazole rings is 1. The van der Waals surface area contributed by atoms with Crippen molar-refractivity contribution in [2.75, 3.05) is 5.32 Å². The number of aromatic amines is 1. The number of hydrogen-bond acceptors (Lipinski definition) is 4. The van der Waals surface area contributed by atoms with Crippen molar-refractivity contribution in [1.82, 2.24) is 19.9 Å². The molecule has 0 atom stereocenters. The van der Waals surface area contributed by atoms with Crippen LogP contribution >= 0.6 is 11.6 Å². The monoisotopic (exact) mass is 247 g/mol. The lowest BCUT2D eigenvalue weighted by atomic mass is 10.1. The van der Waals surface area contributed by atoms with Crippen molar-refractivity contribution in [3.8, 4) is 0 Å². The fourth-order valence-electron chi connectivity index (χ4n) is 1.62. The van der Waals surface area contributed by atoms with Crippen LogP contribution in [0.2, 0.25) is 5.15 Å². The van der Waals surface area contributed by atoms with Gasteiger partial charge in [0.1, 0.15) is 17.3 Å². The van der Waals surface area contributed by atoms with Gasteiger partial charge in [-0.25, -0.2) is 15.0 Å². The molecule has 0 bridgehead atoms. The van der Waals surface area contributed by atoms with Gasteiger partial charge in [0, 0.05) is 0 Å². The summed E-state index contributed by atoms with van der Waals surface area (Å²) >= 11 is 5.96. The summed E-state index contributed by atoms with van der Waals surface area (Å²) in [6, 6.07) is 0. The van der Waals surface area contributed by atoms with Gasteiger partial charge in [-0.2, -0.15) is 0 Å². The van der Waals surface area contributed by atoms with E-state index in [1.165, 1.54) is 12.7 Å². The minimum absolute atomic E-state index is 0.249. The lowest BCUT2D eigenvalue weighted by Crippen LogP contribution is -2.04. The van der Waals surface area contributed by atoms with E-state index in [2.05, 4.69) is 25.3 Å². The summed E-state index contributed by atoms with van der Waals surface area (Å²) in [5.74, 6) is 0.178. The summed E-state index contributed by atoms with van der Waals surface area (Å²) < 4.78 is 0. The number of fused-ring (bicyclic) bond motifs is 1. The molecule has 2 aromatic heterocycles. The molecular formula is C10H6ClN5O. The summed E-state index contributed by atoms with van der Waals surface area (Å²) in [5.41, 5.74) is 1.66. The average molecular weight is 248 g/mol. The maximum atomic E-state index is 11.8. The first kappa shape index (κ1) is 9.98. The molecule has 0 aliphatic carbocycles. The summed E-state index contributed by atoms with van der Waals surface area (Å²) in [4.78, 5) is 26.3. The van der Waals surface area contributed by atoms with Crippen LogP contribution in [0, 0.1) is 0 Å². The zero-order valence-electron chi connectivity index (χ0n) is 8.44. The number of anilines is 1. The van der Waals surface area contributed by atoms with Crippen molar-refractivity contribution in [2.24, 2.45) is 0 Å². The molecule has 3 heterocycles. The Morgan fingerprint density at radius 1 is 1.35 bits per heavy atom. The number of nitrogens with zero attached hydrogens (tertiary/aromatic N) is 3. The van der Waals surface area contributed by atoms with Crippen molar-refractivity contribution in [3.63, 3.8) is 0 Å². The van der Waals surface area contributed by atoms with E-state index in [1.54, 1.807) is 12.3 Å². The number of nitrogens with one attached hydrogen (secondary N) is 2. The Morgan fingerprint density at radius 3 is 3.00 bits per heavy atom. The van der Waals surface area contributed by atoms with Crippen LogP contribution in [0.5, 0.6) is 0 Å². The van der Waals surface area contributed by atoms with Gasteiger partial charge in [0.25, 0.3) is 5.91 Å². The molecular weight excluding hydrogens is 242 g/mol. The van der Waals surface area contributed by atoms with E-state index in [9.17, 15) is 4.79 Å². The Kier molecular flexibility index (Phi) is 2.15. The van der Waals surface area contributed by atoms with Crippen LogP contribution in [-0.4, -0.2) is 25.8 Å². The Hall–Kier alpha value is -2.21. The number of rotatable bonds is 1. The fourth-order valence-corrected chi connectivity index (χ4v) is 1.86. The third-order valence-corrected chi connectivity index (χ3v) is 2.65. The second-order valence-corrected chi connectivity index (χ2v) is 3.77. The fraction of sp³-hybridized carbons (Fsp3) is 0. The van der Waals surface area contributed by atoms with Crippen LogP contribution in [0.1, 0.15) is 11.3 Å². The molecule has 0 radical (unpaired) electrons. The summed E-state index contributed by atoms with van der Waals surface area (Å²) in [6.45, 7) is 0. The average Bonchev–Trinajstić information content (AvgIpc) is 2.89. The van der Waals surface area contributed by atoms with Gasteiger partial charge >= 0.3 is 0 Å². The van der Waals surface area contributed by atoms with Crippen LogP contribution in [0.15, 0.2) is 18.9 Å². The SMILES string of the molecule is O=C1Nc2ncnc(Cl)c2/C1=C/c1cnc[nH]1. The van der Waals surface area contributed by atoms with E-state index in [-0.39, 0.29) is 11.1 Å². The van der Waals surface area contributed by atoms with E-state index in [0.717, 1.165) is 0 Å². The lowest BCUT2D eigenvalue weighted by molar-refractivity contribution is -0.110. The molecule has 2 N–H and O–H groups in total. The Bertz CT molecular complexity index is 620. The first-order chi connectivity index (χ1) is 8.25. The van der Waals surface area contributed by atoms with Crippen LogP contribution in [0.3, 0.4) is 0 Å². The highest BCUT2D eigenvalue weighted by molar-refractivity contribution is 6.40. The number of hydrogen-bond donors (Lipinski definition) is 2. The van der Waals surface area contributed by atoms with Gasteiger partial charge in [0.05, 0.1) is 29.4 Å². The van der Waals surface area contributed by atoms with Gasteiger partial charge in [0.15, 0.2) is 0 Å². The van der Waals surface area contributed by atoms with Crippen LogP contribution < -0.4 is 5.32 Å². The number of carbonyl (C=O) groups is 1. The first-order valence-corrected chi connectivity index (χ1v) is 5.16. The predicted molar refractivity (Wildman–Crippen MR) is 62.1 cm³/mol. The molecule has 84 valence electrons. The van der Waals surface area contributed by atoms with Crippen LogP contribution in [0.4, 0.5) is 5.82 Å². The summed E-state index contributed by atoms with van der Waals surface area (Å²) in [7, 11) is 0. The van der Waals surface area contributed by atoms with E-state index in [1.807, 2.05) is 0 Å². The molecule has 6 nitrogen and oxygen atoms in total. The normalized spacial score (nSPS) is 16.1. The molecule has 0 aromatic carbocycles. The van der Waals surface area contributed by atoms with E-state index < -0.39 is 0 Å². The maximum Gasteiger partial charge on any atom is 0.257 e. The lowest BCUT2D eigenvalue weighted by Gasteiger charge is -1.98. The minimum Gasteiger partial charge on any atom is -0.345 e. The molecule has 0 unspecified atom stereocenters. The van der Waals surface area contributed by atoms with Crippen LogP contribution in [0.25, 0.3) is 11.6 Å². The highest BCUT2D eigenvalue weighted by Gasteiger charge is 2.28. The molecule has 1 aliphatic heterocycles. The van der Waals surface area contributed by atoms with Crippen molar-refractivity contribution in [3.05, 3.63) is 35.3 Å². The number of carbonyl (C=O) groups excluding carboxylic acids is 1. The molecule has 3 rings (SSSR count). The van der Waals surface area contributed by atoms with E-state index in [0.29, 0.717) is 22.6 Å². The second-order valence-electron chi connectivity index (χ2n) is 3.41. The highest BCUT2D eigenvalue weighted by Crippen LogP contribution is 2.34. The number of amides is 1. The third kappa shape index (κ3) is 1.58. The predicted octanol–water partition coefficient (Wildman–Crippen LogP) is 1.35.